The van der Waals surface area contributed by atoms with Crippen LogP contribution in [0.2, 0.25) is 5.02 Å². The quantitative estimate of drug-likeness (QED) is 0.176. The normalized spacial score (nSPS) is 12.8. The Morgan fingerprint density at radius 1 is 1.00 bits per heavy atom. The van der Waals surface area contributed by atoms with Crippen molar-refractivity contribution >= 4 is 23.3 Å². The third-order valence-corrected chi connectivity index (χ3v) is 7.53. The molecule has 0 aliphatic carbocycles. The van der Waals surface area contributed by atoms with Crippen molar-refractivity contribution in [3.63, 3.8) is 0 Å². The predicted molar refractivity (Wildman–Crippen MR) is 170 cm³/mol. The van der Waals surface area contributed by atoms with Crippen LogP contribution in [0.15, 0.2) is 66.9 Å². The largest absolute Gasteiger partial charge is 0.488 e. The van der Waals surface area contributed by atoms with Crippen LogP contribution in [0.5, 0.6) is 23.0 Å². The lowest BCUT2D eigenvalue weighted by Gasteiger charge is -2.20. The molecule has 1 atom stereocenters. The zero-order chi connectivity index (χ0) is 31.1. The summed E-state index contributed by atoms with van der Waals surface area (Å²) in [5, 5.41) is 15.9. The summed E-state index contributed by atoms with van der Waals surface area (Å²) in [5.41, 5.74) is 5.86. The summed E-state index contributed by atoms with van der Waals surface area (Å²) in [6.07, 6.45) is 1.62. The Morgan fingerprint density at radius 2 is 1.80 bits per heavy atom. The summed E-state index contributed by atoms with van der Waals surface area (Å²) in [5.74, 6) is 2.82. The van der Waals surface area contributed by atoms with Crippen molar-refractivity contribution in [2.75, 3.05) is 25.1 Å². The van der Waals surface area contributed by atoms with Crippen LogP contribution in [0, 0.1) is 6.92 Å². The molecule has 0 spiro atoms. The first-order chi connectivity index (χ1) is 21.3. The van der Waals surface area contributed by atoms with Gasteiger partial charge >= 0.3 is 0 Å². The number of nitrogens with zero attached hydrogens (tertiary/aromatic N) is 1. The Balaban J connectivity index is 1.35. The lowest BCUT2D eigenvalue weighted by molar-refractivity contribution is -0.114. The molecule has 3 aromatic carbocycles. The minimum Gasteiger partial charge on any atom is -0.488 e. The number of benzene rings is 3. The number of ether oxygens (including phenoxy) is 4. The van der Waals surface area contributed by atoms with E-state index in [4.69, 9.17) is 30.5 Å². The van der Waals surface area contributed by atoms with Gasteiger partial charge < -0.3 is 34.7 Å². The van der Waals surface area contributed by atoms with Gasteiger partial charge in [-0.15, -0.1) is 0 Å². The van der Waals surface area contributed by atoms with Gasteiger partial charge in [0.1, 0.15) is 43.7 Å². The number of anilines is 1. The highest BCUT2D eigenvalue weighted by Gasteiger charge is 2.16. The number of amides is 1. The average Bonchev–Trinajstić information content (AvgIpc) is 3.02. The van der Waals surface area contributed by atoms with Crippen molar-refractivity contribution in [1.29, 1.82) is 0 Å². The third-order valence-electron chi connectivity index (χ3n) is 7.23. The van der Waals surface area contributed by atoms with E-state index < -0.39 is 0 Å². The van der Waals surface area contributed by atoms with Crippen molar-refractivity contribution in [2.45, 2.75) is 46.6 Å². The molecule has 10 heteroatoms. The van der Waals surface area contributed by atoms with E-state index in [1.54, 1.807) is 18.3 Å². The maximum Gasteiger partial charge on any atom is 0.222 e. The minimum absolute atomic E-state index is 0.00126. The van der Waals surface area contributed by atoms with E-state index in [1.807, 2.05) is 49.4 Å². The maximum atomic E-state index is 11.5. The Labute approximate surface area is 262 Å². The highest BCUT2D eigenvalue weighted by Crippen LogP contribution is 2.37. The van der Waals surface area contributed by atoms with Gasteiger partial charge in [0, 0.05) is 37.3 Å². The van der Waals surface area contributed by atoms with E-state index >= 15 is 0 Å². The minimum atomic E-state index is -0.200. The number of carbonyl (C=O) groups is 1. The Morgan fingerprint density at radius 3 is 2.59 bits per heavy atom. The van der Waals surface area contributed by atoms with Crippen LogP contribution in [0.4, 0.5) is 5.82 Å². The lowest BCUT2D eigenvalue weighted by Crippen LogP contribution is -2.28. The number of carbonyl (C=O) groups excluding carboxylic acids is 1. The van der Waals surface area contributed by atoms with Gasteiger partial charge in [0.05, 0.1) is 11.6 Å². The van der Waals surface area contributed by atoms with E-state index in [-0.39, 0.29) is 25.2 Å². The number of nitrogens with one attached hydrogen (secondary N) is 2. The highest BCUT2D eigenvalue weighted by atomic mass is 35.5. The fraction of sp³-hybridized carbons (Fsp3) is 0.294. The molecule has 1 aromatic heterocycles. The number of fused-ring (bicyclic) bond motifs is 1. The summed E-state index contributed by atoms with van der Waals surface area (Å²) in [6, 6.07) is 19.2. The molecular weight excluding hydrogens is 582 g/mol. The molecule has 1 amide bonds. The van der Waals surface area contributed by atoms with E-state index in [0.29, 0.717) is 48.7 Å². The molecule has 0 saturated heterocycles. The number of aliphatic hydroxyl groups excluding tert-OH is 1. The van der Waals surface area contributed by atoms with E-state index in [9.17, 15) is 9.90 Å². The summed E-state index contributed by atoms with van der Waals surface area (Å²) in [6.45, 7) is 7.44. The molecular formula is C34H36ClN3O6. The fourth-order valence-electron chi connectivity index (χ4n) is 4.80. The first-order valence-corrected chi connectivity index (χ1v) is 14.8. The van der Waals surface area contributed by atoms with Crippen molar-refractivity contribution in [2.24, 2.45) is 0 Å². The number of hydrogen-bond donors (Lipinski definition) is 3. The van der Waals surface area contributed by atoms with Crippen LogP contribution in [-0.4, -0.2) is 41.9 Å². The maximum absolute atomic E-state index is 11.5. The molecule has 1 unspecified atom stereocenters. The van der Waals surface area contributed by atoms with Crippen LogP contribution < -0.4 is 29.6 Å². The van der Waals surface area contributed by atoms with E-state index in [0.717, 1.165) is 44.9 Å². The van der Waals surface area contributed by atoms with Gasteiger partial charge in [0.25, 0.3) is 0 Å². The Kier molecular flexibility index (Phi) is 10.2. The lowest BCUT2D eigenvalue weighted by atomic mass is 9.96. The first-order valence-electron chi connectivity index (χ1n) is 14.4. The standard InChI is InChI=1S/C34H36ClN3O6/c1-21(18-39)37-17-27-14-29(35)32(16-31(27)43-19-24-9-10-36-34(13-24)38-23(3)40)44-20-26-5-4-6-28(22(26)2)25-7-8-30-33(15-25)42-12-11-41-30/h4-10,13-16,21,37,39H,11-12,17-20H2,1-3H3,(H,36,38,40). The van der Waals surface area contributed by atoms with Gasteiger partial charge in [0.2, 0.25) is 5.91 Å². The molecule has 44 heavy (non-hydrogen) atoms. The first kappa shape index (κ1) is 31.1. The highest BCUT2D eigenvalue weighted by molar-refractivity contribution is 6.32. The molecule has 3 N–H and O–H groups in total. The summed E-state index contributed by atoms with van der Waals surface area (Å²) in [4.78, 5) is 15.6. The van der Waals surface area contributed by atoms with Gasteiger partial charge in [-0.2, -0.15) is 0 Å². The molecule has 5 rings (SSSR count). The molecule has 2 heterocycles. The summed E-state index contributed by atoms with van der Waals surface area (Å²) in [7, 11) is 0. The zero-order valence-electron chi connectivity index (χ0n) is 25.0. The SMILES string of the molecule is CC(=O)Nc1cc(COc2cc(OCc3cccc(-c4ccc5c(c4)OCCO5)c3C)c(Cl)cc2CNC(C)CO)ccn1. The van der Waals surface area contributed by atoms with Crippen LogP contribution >= 0.6 is 11.6 Å². The topological polar surface area (TPSA) is 111 Å². The monoisotopic (exact) mass is 617 g/mol. The number of hydrogen-bond acceptors (Lipinski definition) is 8. The van der Waals surface area contributed by atoms with Gasteiger partial charge in [0.15, 0.2) is 11.5 Å². The smallest absolute Gasteiger partial charge is 0.222 e. The molecule has 230 valence electrons. The number of pyridine rings is 1. The van der Waals surface area contributed by atoms with Crippen molar-refractivity contribution in [3.05, 3.63) is 94.1 Å². The second-order valence-corrected chi connectivity index (χ2v) is 11.0. The molecule has 0 bridgehead atoms. The number of aromatic nitrogens is 1. The predicted octanol–water partition coefficient (Wildman–Crippen LogP) is 6.07. The molecule has 0 radical (unpaired) electrons. The molecule has 9 nitrogen and oxygen atoms in total. The van der Waals surface area contributed by atoms with Crippen LogP contribution in [0.25, 0.3) is 11.1 Å². The number of rotatable bonds is 12. The second kappa shape index (κ2) is 14.4. The summed E-state index contributed by atoms with van der Waals surface area (Å²) < 4.78 is 24.0. The fourth-order valence-corrected chi connectivity index (χ4v) is 5.04. The second-order valence-electron chi connectivity index (χ2n) is 10.6. The van der Waals surface area contributed by atoms with Crippen molar-refractivity contribution in [1.82, 2.24) is 10.3 Å². The van der Waals surface area contributed by atoms with Crippen molar-refractivity contribution in [3.8, 4) is 34.1 Å². The van der Waals surface area contributed by atoms with Crippen LogP contribution in [0.1, 0.15) is 36.1 Å². The average molecular weight is 618 g/mol. The molecule has 0 saturated carbocycles. The number of halogens is 1. The van der Waals surface area contributed by atoms with Crippen LogP contribution in [-0.2, 0) is 24.6 Å². The van der Waals surface area contributed by atoms with E-state index in [2.05, 4.69) is 28.6 Å². The van der Waals surface area contributed by atoms with Gasteiger partial charge in [-0.25, -0.2) is 4.98 Å². The number of aliphatic hydroxyl groups is 1. The molecule has 0 fully saturated rings. The molecule has 4 aromatic rings. The van der Waals surface area contributed by atoms with Gasteiger partial charge in [-0.05, 0) is 72.0 Å². The molecule has 1 aliphatic rings. The van der Waals surface area contributed by atoms with Crippen LogP contribution in [0.3, 0.4) is 0 Å². The third kappa shape index (κ3) is 7.79. The van der Waals surface area contributed by atoms with E-state index in [1.165, 1.54) is 6.92 Å². The summed E-state index contributed by atoms with van der Waals surface area (Å²) >= 11 is 6.71. The molecule has 1 aliphatic heterocycles. The zero-order valence-corrected chi connectivity index (χ0v) is 25.7. The van der Waals surface area contributed by atoms with Gasteiger partial charge in [-0.1, -0.05) is 35.9 Å². The van der Waals surface area contributed by atoms with Crippen molar-refractivity contribution < 1.29 is 28.8 Å². The Hall–Kier alpha value is -4.31. The van der Waals surface area contributed by atoms with Gasteiger partial charge in [-0.3, -0.25) is 4.79 Å². The Bertz CT molecular complexity index is 1630.